The predicted octanol–water partition coefficient (Wildman–Crippen LogP) is 1.75. The van der Waals surface area contributed by atoms with Gasteiger partial charge in [0.2, 0.25) is 0 Å². The predicted molar refractivity (Wildman–Crippen MR) is 101 cm³/mol. The molecule has 27 heavy (non-hydrogen) atoms. The molecule has 1 aliphatic rings. The molecule has 0 saturated heterocycles. The first-order valence-corrected chi connectivity index (χ1v) is 9.53. The maximum atomic E-state index is 13.1. The third-order valence-electron chi connectivity index (χ3n) is 4.46. The first-order valence-electron chi connectivity index (χ1n) is 8.72. The highest BCUT2D eigenvalue weighted by Gasteiger charge is 2.28. The summed E-state index contributed by atoms with van der Waals surface area (Å²) < 4.78 is 0. The Morgan fingerprint density at radius 2 is 2.07 bits per heavy atom. The van der Waals surface area contributed by atoms with Crippen LogP contribution in [0.1, 0.15) is 39.4 Å². The number of carbonyl (C=O) groups is 1. The number of aromatic amines is 1. The molecule has 4 heterocycles. The van der Waals surface area contributed by atoms with Crippen LogP contribution >= 0.6 is 11.3 Å². The van der Waals surface area contributed by atoms with Crippen LogP contribution in [0.2, 0.25) is 0 Å². The van der Waals surface area contributed by atoms with Crippen LogP contribution in [-0.4, -0.2) is 42.3 Å². The molecule has 138 valence electrons. The topological polar surface area (TPSA) is 105 Å². The average molecular weight is 382 g/mol. The molecule has 0 atom stereocenters. The van der Waals surface area contributed by atoms with Crippen molar-refractivity contribution in [1.29, 1.82) is 0 Å². The van der Waals surface area contributed by atoms with Gasteiger partial charge in [0.05, 0.1) is 17.9 Å². The van der Waals surface area contributed by atoms with E-state index in [4.69, 9.17) is 0 Å². The smallest absolute Gasteiger partial charge is 0.266 e. The van der Waals surface area contributed by atoms with Crippen molar-refractivity contribution in [1.82, 2.24) is 29.8 Å². The van der Waals surface area contributed by atoms with Crippen LogP contribution in [0.4, 0.5) is 0 Å². The molecule has 0 aromatic carbocycles. The number of fused-ring (bicyclic) bond motifs is 1. The number of nitrogens with one attached hydrogen (secondary N) is 1. The zero-order valence-electron chi connectivity index (χ0n) is 15.0. The van der Waals surface area contributed by atoms with E-state index in [-0.39, 0.29) is 11.5 Å². The Morgan fingerprint density at radius 3 is 2.81 bits per heavy atom. The Morgan fingerprint density at radius 1 is 1.30 bits per heavy atom. The van der Waals surface area contributed by atoms with E-state index in [1.807, 2.05) is 6.92 Å². The van der Waals surface area contributed by atoms with E-state index in [0.29, 0.717) is 58.7 Å². The standard InChI is InChI=1S/C18H18N6O2S/c1-3-12-14(27-17(23-12)15-19-6-4-7-20-15)18(26)24-8-5-11-13(9-24)21-10(2)22-16(11)25/h4,6-7H,3,5,8-9H2,1-2H3,(H,21,22,25). The minimum Gasteiger partial charge on any atom is -0.332 e. The van der Waals surface area contributed by atoms with Crippen molar-refractivity contribution in [2.24, 2.45) is 0 Å². The van der Waals surface area contributed by atoms with E-state index in [1.54, 1.807) is 30.3 Å². The third kappa shape index (κ3) is 3.25. The van der Waals surface area contributed by atoms with Gasteiger partial charge in [-0.05, 0) is 25.8 Å². The SMILES string of the molecule is CCc1nc(-c2ncccn2)sc1C(=O)N1CCc2c(nc(C)[nH]c2=O)C1. The van der Waals surface area contributed by atoms with Gasteiger partial charge in [0, 0.05) is 24.5 Å². The molecule has 3 aromatic heterocycles. The number of rotatable bonds is 3. The van der Waals surface area contributed by atoms with Crippen LogP contribution in [0, 0.1) is 6.92 Å². The van der Waals surface area contributed by atoms with Gasteiger partial charge < -0.3 is 9.88 Å². The maximum Gasteiger partial charge on any atom is 0.266 e. The van der Waals surface area contributed by atoms with E-state index in [0.717, 1.165) is 5.69 Å². The van der Waals surface area contributed by atoms with Gasteiger partial charge in [-0.15, -0.1) is 11.3 Å². The van der Waals surface area contributed by atoms with Gasteiger partial charge >= 0.3 is 0 Å². The molecule has 0 radical (unpaired) electrons. The highest BCUT2D eigenvalue weighted by molar-refractivity contribution is 7.17. The minimum atomic E-state index is -0.111. The highest BCUT2D eigenvalue weighted by Crippen LogP contribution is 2.28. The number of hydrogen-bond acceptors (Lipinski definition) is 7. The van der Waals surface area contributed by atoms with E-state index < -0.39 is 0 Å². The fraction of sp³-hybridized carbons (Fsp3) is 0.333. The van der Waals surface area contributed by atoms with Gasteiger partial charge in [-0.1, -0.05) is 6.92 Å². The Hall–Kier alpha value is -2.94. The summed E-state index contributed by atoms with van der Waals surface area (Å²) in [5, 5.41) is 0.638. The van der Waals surface area contributed by atoms with Gasteiger partial charge in [-0.3, -0.25) is 9.59 Å². The Kier molecular flexibility index (Phi) is 4.53. The van der Waals surface area contributed by atoms with Crippen LogP contribution in [-0.2, 0) is 19.4 Å². The Labute approximate surface area is 159 Å². The lowest BCUT2D eigenvalue weighted by molar-refractivity contribution is 0.0734. The molecule has 0 spiro atoms. The zero-order chi connectivity index (χ0) is 19.0. The number of amides is 1. The zero-order valence-corrected chi connectivity index (χ0v) is 15.8. The van der Waals surface area contributed by atoms with Crippen LogP contribution in [0.25, 0.3) is 10.8 Å². The summed E-state index contributed by atoms with van der Waals surface area (Å²) in [4.78, 5) is 47.7. The lowest BCUT2D eigenvalue weighted by Crippen LogP contribution is -2.39. The van der Waals surface area contributed by atoms with E-state index in [1.165, 1.54) is 11.3 Å². The number of aromatic nitrogens is 5. The van der Waals surface area contributed by atoms with Crippen LogP contribution in [0.15, 0.2) is 23.3 Å². The number of carbonyl (C=O) groups excluding carboxylic acids is 1. The molecule has 1 aliphatic heterocycles. The molecule has 0 fully saturated rings. The molecule has 3 aromatic rings. The number of aryl methyl sites for hydroxylation is 2. The van der Waals surface area contributed by atoms with Crippen molar-refractivity contribution in [2.75, 3.05) is 6.54 Å². The second-order valence-electron chi connectivity index (χ2n) is 6.27. The third-order valence-corrected chi connectivity index (χ3v) is 5.54. The second kappa shape index (κ2) is 6.99. The largest absolute Gasteiger partial charge is 0.332 e. The number of H-pyrrole nitrogens is 1. The first kappa shape index (κ1) is 17.5. The number of thiazole rings is 1. The minimum absolute atomic E-state index is 0.0862. The van der Waals surface area contributed by atoms with Gasteiger partial charge in [0.15, 0.2) is 10.8 Å². The monoisotopic (exact) mass is 382 g/mol. The summed E-state index contributed by atoms with van der Waals surface area (Å²) >= 11 is 1.31. The molecule has 4 rings (SSSR count). The number of nitrogens with zero attached hydrogens (tertiary/aromatic N) is 5. The molecule has 8 nitrogen and oxygen atoms in total. The van der Waals surface area contributed by atoms with E-state index in [9.17, 15) is 9.59 Å². The Bertz CT molecular complexity index is 1060. The fourth-order valence-electron chi connectivity index (χ4n) is 3.14. The quantitative estimate of drug-likeness (QED) is 0.740. The van der Waals surface area contributed by atoms with Crippen molar-refractivity contribution in [3.05, 3.63) is 56.5 Å². The first-order chi connectivity index (χ1) is 13.1. The van der Waals surface area contributed by atoms with E-state index in [2.05, 4.69) is 24.9 Å². The summed E-state index contributed by atoms with van der Waals surface area (Å²) in [6.07, 6.45) is 4.46. The summed E-state index contributed by atoms with van der Waals surface area (Å²) in [6, 6.07) is 1.74. The van der Waals surface area contributed by atoms with Crippen molar-refractivity contribution in [2.45, 2.75) is 33.2 Å². The van der Waals surface area contributed by atoms with Gasteiger partial charge in [0.25, 0.3) is 11.5 Å². The average Bonchev–Trinajstić information content (AvgIpc) is 3.12. The van der Waals surface area contributed by atoms with Crippen LogP contribution < -0.4 is 5.56 Å². The van der Waals surface area contributed by atoms with Gasteiger partial charge in [0.1, 0.15) is 10.7 Å². The van der Waals surface area contributed by atoms with E-state index >= 15 is 0 Å². The lowest BCUT2D eigenvalue weighted by Gasteiger charge is -2.27. The normalized spacial score (nSPS) is 13.5. The van der Waals surface area contributed by atoms with Gasteiger partial charge in [-0.2, -0.15) is 0 Å². The molecular formula is C18H18N6O2S. The number of hydrogen-bond donors (Lipinski definition) is 1. The molecule has 9 heteroatoms. The maximum absolute atomic E-state index is 13.1. The van der Waals surface area contributed by atoms with Crippen LogP contribution in [0.5, 0.6) is 0 Å². The summed E-state index contributed by atoms with van der Waals surface area (Å²) in [6.45, 7) is 4.53. The molecular weight excluding hydrogens is 364 g/mol. The van der Waals surface area contributed by atoms with Crippen molar-refractivity contribution < 1.29 is 4.79 Å². The van der Waals surface area contributed by atoms with Gasteiger partial charge in [-0.25, -0.2) is 19.9 Å². The van der Waals surface area contributed by atoms with Crippen molar-refractivity contribution in [3.8, 4) is 10.8 Å². The van der Waals surface area contributed by atoms with Crippen LogP contribution in [0.3, 0.4) is 0 Å². The molecule has 0 bridgehead atoms. The highest BCUT2D eigenvalue weighted by atomic mass is 32.1. The van der Waals surface area contributed by atoms with Crippen molar-refractivity contribution >= 4 is 17.2 Å². The molecule has 0 saturated carbocycles. The molecule has 0 unspecified atom stereocenters. The fourth-order valence-corrected chi connectivity index (χ4v) is 4.21. The summed E-state index contributed by atoms with van der Waals surface area (Å²) in [7, 11) is 0. The molecule has 1 N–H and O–H groups in total. The Balaban J connectivity index is 1.65. The second-order valence-corrected chi connectivity index (χ2v) is 7.27. The molecule has 1 amide bonds. The summed E-state index contributed by atoms with van der Waals surface area (Å²) in [5.74, 6) is 0.990. The summed E-state index contributed by atoms with van der Waals surface area (Å²) in [5.41, 5.74) is 1.97. The molecule has 0 aliphatic carbocycles. The van der Waals surface area contributed by atoms with Crippen molar-refractivity contribution in [3.63, 3.8) is 0 Å². The lowest BCUT2D eigenvalue weighted by atomic mass is 10.1.